The van der Waals surface area contributed by atoms with Gasteiger partial charge in [0.2, 0.25) is 0 Å². The third-order valence-corrected chi connectivity index (χ3v) is 6.81. The molecule has 0 amide bonds. The highest BCUT2D eigenvalue weighted by molar-refractivity contribution is 5.71. The highest BCUT2D eigenvalue weighted by atomic mass is 16.5. The molecule has 0 saturated carbocycles. The van der Waals surface area contributed by atoms with E-state index in [2.05, 4.69) is 92.8 Å². The van der Waals surface area contributed by atoms with Gasteiger partial charge in [0.25, 0.3) is 0 Å². The number of rotatable bonds is 29. The summed E-state index contributed by atoms with van der Waals surface area (Å²) in [6.45, 7) is 4.37. The SMILES string of the molecule is CC/C=C\C/C=C\C/C=C\C/C=C\C/C=C\CC(=O)OC(/C=C\C/C=C\C/C=C\CCCCC)CCCCCCCC(=O)O. The van der Waals surface area contributed by atoms with Gasteiger partial charge in [0.05, 0.1) is 6.42 Å². The molecule has 0 aromatic heterocycles. The van der Waals surface area contributed by atoms with E-state index in [0.717, 1.165) is 89.9 Å². The number of carboxylic acids is 1. The van der Waals surface area contributed by atoms with Crippen LogP contribution in [0.15, 0.2) is 97.2 Å². The van der Waals surface area contributed by atoms with Crippen molar-refractivity contribution < 1.29 is 19.4 Å². The van der Waals surface area contributed by atoms with Gasteiger partial charge in [-0.15, -0.1) is 0 Å². The Morgan fingerprint density at radius 1 is 0.568 bits per heavy atom. The Bertz CT molecular complexity index is 914. The summed E-state index contributed by atoms with van der Waals surface area (Å²) in [6, 6.07) is 0. The van der Waals surface area contributed by atoms with E-state index in [-0.39, 0.29) is 24.9 Å². The Balaban J connectivity index is 4.44. The first-order valence-electron chi connectivity index (χ1n) is 17.2. The second-order valence-electron chi connectivity index (χ2n) is 11.0. The average molecular weight is 607 g/mol. The summed E-state index contributed by atoms with van der Waals surface area (Å²) >= 11 is 0. The summed E-state index contributed by atoms with van der Waals surface area (Å²) in [5, 5.41) is 8.78. The molecule has 0 fully saturated rings. The minimum atomic E-state index is -0.730. The molecule has 0 heterocycles. The lowest BCUT2D eigenvalue weighted by Gasteiger charge is -2.14. The van der Waals surface area contributed by atoms with Crippen LogP contribution in [0.5, 0.6) is 0 Å². The first kappa shape index (κ1) is 40.9. The largest absolute Gasteiger partial charge is 0.481 e. The van der Waals surface area contributed by atoms with Gasteiger partial charge in [-0.05, 0) is 83.1 Å². The maximum atomic E-state index is 12.5. The summed E-state index contributed by atoms with van der Waals surface area (Å²) in [5.74, 6) is -0.932. The lowest BCUT2D eigenvalue weighted by molar-refractivity contribution is -0.146. The highest BCUT2D eigenvalue weighted by Crippen LogP contribution is 2.13. The Labute approximate surface area is 270 Å². The van der Waals surface area contributed by atoms with E-state index in [0.29, 0.717) is 0 Å². The van der Waals surface area contributed by atoms with Crippen LogP contribution in [0.4, 0.5) is 0 Å². The molecule has 246 valence electrons. The summed E-state index contributed by atoms with van der Waals surface area (Å²) in [7, 11) is 0. The van der Waals surface area contributed by atoms with Crippen molar-refractivity contribution in [3.63, 3.8) is 0 Å². The van der Waals surface area contributed by atoms with Gasteiger partial charge in [-0.1, -0.05) is 137 Å². The molecule has 4 nitrogen and oxygen atoms in total. The summed E-state index contributed by atoms with van der Waals surface area (Å²) in [4.78, 5) is 23.2. The van der Waals surface area contributed by atoms with Gasteiger partial charge in [-0.3, -0.25) is 9.59 Å². The molecule has 4 heteroatoms. The van der Waals surface area contributed by atoms with Gasteiger partial charge in [0.1, 0.15) is 6.10 Å². The summed E-state index contributed by atoms with van der Waals surface area (Å²) in [5.41, 5.74) is 0. The standard InChI is InChI=1S/C40H62O4/c1-3-5-7-9-11-13-15-16-17-18-20-22-24-29-33-37-40(43)44-38(35-31-27-25-28-32-36-39(41)42)34-30-26-23-21-19-14-12-10-8-6-4-2/h5,7,11-14,16-17,20-23,29-30,33-34,38H,3-4,6,8-10,15,18-19,24-28,31-32,35-37H2,1-2H3,(H,41,42)/b7-5-,13-11-,14-12-,17-16-,22-20-,23-21-,33-29-,34-30-. The van der Waals surface area contributed by atoms with Crippen LogP contribution in [0.2, 0.25) is 0 Å². The Kier molecular flexibility index (Phi) is 31.9. The lowest BCUT2D eigenvalue weighted by Crippen LogP contribution is -2.15. The van der Waals surface area contributed by atoms with Crippen molar-refractivity contribution in [3.05, 3.63) is 97.2 Å². The van der Waals surface area contributed by atoms with Crippen LogP contribution in [-0.2, 0) is 14.3 Å². The van der Waals surface area contributed by atoms with Crippen molar-refractivity contribution in [2.45, 2.75) is 142 Å². The fraction of sp³-hybridized carbons (Fsp3) is 0.550. The van der Waals surface area contributed by atoms with Crippen LogP contribution in [0.1, 0.15) is 136 Å². The number of allylic oxidation sites excluding steroid dienone is 14. The van der Waals surface area contributed by atoms with Gasteiger partial charge < -0.3 is 9.84 Å². The van der Waals surface area contributed by atoms with Gasteiger partial charge >= 0.3 is 11.9 Å². The molecule has 0 bridgehead atoms. The summed E-state index contributed by atoms with van der Waals surface area (Å²) < 4.78 is 5.79. The number of esters is 1. The molecule has 0 rings (SSSR count). The average Bonchev–Trinajstić information content (AvgIpc) is 3.00. The first-order valence-corrected chi connectivity index (χ1v) is 17.2. The van der Waals surface area contributed by atoms with Crippen molar-refractivity contribution in [2.24, 2.45) is 0 Å². The number of hydrogen-bond acceptors (Lipinski definition) is 3. The number of carbonyl (C=O) groups excluding carboxylic acids is 1. The monoisotopic (exact) mass is 606 g/mol. The van der Waals surface area contributed by atoms with E-state index in [1.165, 1.54) is 19.3 Å². The fourth-order valence-corrected chi connectivity index (χ4v) is 4.30. The minimum Gasteiger partial charge on any atom is -0.481 e. The van der Waals surface area contributed by atoms with Crippen LogP contribution in [0, 0.1) is 0 Å². The topological polar surface area (TPSA) is 63.6 Å². The van der Waals surface area contributed by atoms with E-state index < -0.39 is 5.97 Å². The smallest absolute Gasteiger partial charge is 0.310 e. The fourth-order valence-electron chi connectivity index (χ4n) is 4.30. The van der Waals surface area contributed by atoms with Crippen LogP contribution in [0.3, 0.4) is 0 Å². The predicted molar refractivity (Wildman–Crippen MR) is 190 cm³/mol. The van der Waals surface area contributed by atoms with Crippen LogP contribution < -0.4 is 0 Å². The lowest BCUT2D eigenvalue weighted by atomic mass is 10.1. The van der Waals surface area contributed by atoms with Crippen molar-refractivity contribution >= 4 is 11.9 Å². The number of aliphatic carboxylic acids is 1. The molecule has 1 N–H and O–H groups in total. The van der Waals surface area contributed by atoms with E-state index in [4.69, 9.17) is 9.84 Å². The zero-order valence-corrected chi connectivity index (χ0v) is 27.9. The van der Waals surface area contributed by atoms with Crippen LogP contribution in [-0.4, -0.2) is 23.1 Å². The van der Waals surface area contributed by atoms with E-state index in [1.807, 2.05) is 18.2 Å². The van der Waals surface area contributed by atoms with E-state index >= 15 is 0 Å². The van der Waals surface area contributed by atoms with E-state index in [9.17, 15) is 9.59 Å². The Morgan fingerprint density at radius 3 is 1.64 bits per heavy atom. The molecule has 0 radical (unpaired) electrons. The third-order valence-electron chi connectivity index (χ3n) is 6.81. The number of hydrogen-bond donors (Lipinski definition) is 1. The quantitative estimate of drug-likeness (QED) is 0.0522. The predicted octanol–water partition coefficient (Wildman–Crippen LogP) is 11.9. The highest BCUT2D eigenvalue weighted by Gasteiger charge is 2.10. The van der Waals surface area contributed by atoms with Crippen molar-refractivity contribution in [1.29, 1.82) is 0 Å². The zero-order chi connectivity index (χ0) is 32.2. The molecule has 0 aromatic carbocycles. The van der Waals surface area contributed by atoms with Gasteiger partial charge in [0, 0.05) is 6.42 Å². The molecule has 1 atom stereocenters. The molecule has 0 aliphatic carbocycles. The van der Waals surface area contributed by atoms with Crippen molar-refractivity contribution in [1.82, 2.24) is 0 Å². The molecule has 0 aliphatic heterocycles. The molecule has 1 unspecified atom stereocenters. The molecular weight excluding hydrogens is 544 g/mol. The number of unbranched alkanes of at least 4 members (excludes halogenated alkanes) is 7. The third kappa shape index (κ3) is 33.4. The molecule has 0 saturated heterocycles. The van der Waals surface area contributed by atoms with Gasteiger partial charge in [-0.2, -0.15) is 0 Å². The first-order chi connectivity index (χ1) is 21.6. The second kappa shape index (κ2) is 34.4. The molecule has 44 heavy (non-hydrogen) atoms. The molecule has 0 aliphatic rings. The maximum absolute atomic E-state index is 12.5. The van der Waals surface area contributed by atoms with Gasteiger partial charge in [0.15, 0.2) is 0 Å². The normalized spacial score (nSPS) is 13.5. The summed E-state index contributed by atoms with van der Waals surface area (Å²) in [6.07, 6.45) is 51.5. The van der Waals surface area contributed by atoms with Crippen LogP contribution >= 0.6 is 0 Å². The number of carboxylic acid groups (broad SMARTS) is 1. The Hall–Kier alpha value is -3.14. The van der Waals surface area contributed by atoms with Crippen LogP contribution in [0.25, 0.3) is 0 Å². The number of ether oxygens (including phenoxy) is 1. The second-order valence-corrected chi connectivity index (χ2v) is 11.0. The zero-order valence-electron chi connectivity index (χ0n) is 27.9. The maximum Gasteiger partial charge on any atom is 0.310 e. The van der Waals surface area contributed by atoms with E-state index in [1.54, 1.807) is 0 Å². The molecule has 0 aromatic rings. The van der Waals surface area contributed by atoms with Gasteiger partial charge in [-0.25, -0.2) is 0 Å². The Morgan fingerprint density at radius 2 is 1.07 bits per heavy atom. The minimum absolute atomic E-state index is 0.203. The molecular formula is C40H62O4. The van der Waals surface area contributed by atoms with Crippen molar-refractivity contribution in [2.75, 3.05) is 0 Å². The number of carbonyl (C=O) groups is 2. The molecule has 0 spiro atoms. The van der Waals surface area contributed by atoms with Crippen molar-refractivity contribution in [3.8, 4) is 0 Å².